The van der Waals surface area contributed by atoms with E-state index < -0.39 is 29.7 Å². The standard InChI is InChI=1S/C16H15FN2O4S2/c1-9(15(22)19-16-10(14(18)21)6-7-24-16)23-13(20)8-25-12-5-3-2-4-11(12)17/h2-7,9H,8H2,1H3,(H2,18,21)(H,19,22)/t9-/m1/s1. The van der Waals surface area contributed by atoms with Gasteiger partial charge in [-0.1, -0.05) is 12.1 Å². The maximum atomic E-state index is 13.5. The first-order chi connectivity index (χ1) is 11.9. The summed E-state index contributed by atoms with van der Waals surface area (Å²) in [6, 6.07) is 7.54. The van der Waals surface area contributed by atoms with Crippen molar-refractivity contribution in [3.8, 4) is 0 Å². The van der Waals surface area contributed by atoms with Crippen molar-refractivity contribution >= 4 is 45.9 Å². The minimum atomic E-state index is -1.07. The molecule has 0 spiro atoms. The van der Waals surface area contributed by atoms with Crippen LogP contribution in [0.5, 0.6) is 0 Å². The lowest BCUT2D eigenvalue weighted by atomic mass is 10.3. The summed E-state index contributed by atoms with van der Waals surface area (Å²) in [5.74, 6) is -2.47. The van der Waals surface area contributed by atoms with Gasteiger partial charge in [0.05, 0.1) is 11.3 Å². The molecule has 132 valence electrons. The zero-order chi connectivity index (χ0) is 18.4. The van der Waals surface area contributed by atoms with Gasteiger partial charge in [0.25, 0.3) is 11.8 Å². The number of esters is 1. The molecule has 1 aromatic heterocycles. The van der Waals surface area contributed by atoms with Gasteiger partial charge in [-0.15, -0.1) is 23.1 Å². The number of primary amides is 1. The number of hydrogen-bond acceptors (Lipinski definition) is 6. The van der Waals surface area contributed by atoms with Gasteiger partial charge >= 0.3 is 5.97 Å². The number of thioether (sulfide) groups is 1. The van der Waals surface area contributed by atoms with Crippen LogP contribution in [-0.2, 0) is 14.3 Å². The van der Waals surface area contributed by atoms with E-state index in [0.717, 1.165) is 23.1 Å². The molecule has 0 aliphatic carbocycles. The molecule has 0 aliphatic heterocycles. The Morgan fingerprint density at radius 1 is 1.32 bits per heavy atom. The van der Waals surface area contributed by atoms with Crippen molar-refractivity contribution in [3.05, 3.63) is 47.1 Å². The van der Waals surface area contributed by atoms with Gasteiger partial charge < -0.3 is 15.8 Å². The van der Waals surface area contributed by atoms with Gasteiger partial charge in [0.2, 0.25) is 0 Å². The third-order valence-electron chi connectivity index (χ3n) is 3.03. The van der Waals surface area contributed by atoms with Crippen molar-refractivity contribution < 1.29 is 23.5 Å². The summed E-state index contributed by atoms with van der Waals surface area (Å²) in [4.78, 5) is 35.4. The molecule has 0 saturated heterocycles. The molecule has 0 radical (unpaired) electrons. The van der Waals surface area contributed by atoms with E-state index in [-0.39, 0.29) is 11.3 Å². The molecule has 2 rings (SSSR count). The molecule has 1 heterocycles. The smallest absolute Gasteiger partial charge is 0.317 e. The molecule has 25 heavy (non-hydrogen) atoms. The van der Waals surface area contributed by atoms with Crippen LogP contribution in [0.25, 0.3) is 0 Å². The Bertz CT molecular complexity index is 794. The van der Waals surface area contributed by atoms with Crippen LogP contribution < -0.4 is 11.1 Å². The van der Waals surface area contributed by atoms with E-state index in [4.69, 9.17) is 10.5 Å². The highest BCUT2D eigenvalue weighted by Gasteiger charge is 2.21. The summed E-state index contributed by atoms with van der Waals surface area (Å²) in [6.07, 6.45) is -1.07. The SMILES string of the molecule is C[C@@H](OC(=O)CSc1ccccc1F)C(=O)Nc1sccc1C(N)=O. The Kier molecular flexibility index (Phi) is 6.54. The minimum Gasteiger partial charge on any atom is -0.452 e. The minimum absolute atomic E-state index is 0.135. The first-order valence-corrected chi connectivity index (χ1v) is 9.00. The number of benzene rings is 1. The van der Waals surface area contributed by atoms with E-state index in [2.05, 4.69) is 5.32 Å². The van der Waals surface area contributed by atoms with Crippen LogP contribution in [0.15, 0.2) is 40.6 Å². The second-order valence-corrected chi connectivity index (χ2v) is 6.80. The van der Waals surface area contributed by atoms with Crippen LogP contribution in [0.3, 0.4) is 0 Å². The zero-order valence-corrected chi connectivity index (χ0v) is 14.8. The number of ether oxygens (including phenoxy) is 1. The fraction of sp³-hybridized carbons (Fsp3) is 0.188. The average Bonchev–Trinajstić information content (AvgIpc) is 3.02. The largest absolute Gasteiger partial charge is 0.452 e. The highest BCUT2D eigenvalue weighted by molar-refractivity contribution is 8.00. The lowest BCUT2D eigenvalue weighted by molar-refractivity contribution is -0.150. The average molecular weight is 382 g/mol. The van der Waals surface area contributed by atoms with Gasteiger partial charge in [-0.05, 0) is 30.5 Å². The van der Waals surface area contributed by atoms with E-state index in [9.17, 15) is 18.8 Å². The molecule has 9 heteroatoms. The molecule has 2 aromatic rings. The number of hydrogen-bond donors (Lipinski definition) is 2. The van der Waals surface area contributed by atoms with Gasteiger partial charge in [-0.25, -0.2) is 4.39 Å². The Morgan fingerprint density at radius 3 is 2.72 bits per heavy atom. The molecular formula is C16H15FN2O4S2. The third-order valence-corrected chi connectivity index (χ3v) is 4.88. The summed E-state index contributed by atoms with van der Waals surface area (Å²) < 4.78 is 18.5. The summed E-state index contributed by atoms with van der Waals surface area (Å²) in [5, 5.41) is 4.40. The topological polar surface area (TPSA) is 98.5 Å². The predicted octanol–water partition coefficient (Wildman–Crippen LogP) is 2.65. The van der Waals surface area contributed by atoms with Crippen LogP contribution in [0.2, 0.25) is 0 Å². The maximum Gasteiger partial charge on any atom is 0.317 e. The fourth-order valence-electron chi connectivity index (χ4n) is 1.80. The molecular weight excluding hydrogens is 367 g/mol. The molecule has 2 amide bonds. The van der Waals surface area contributed by atoms with Crippen molar-refractivity contribution in [2.24, 2.45) is 5.73 Å². The summed E-state index contributed by atoms with van der Waals surface area (Å²) in [5.41, 5.74) is 5.38. The van der Waals surface area contributed by atoms with Crippen LogP contribution in [-0.4, -0.2) is 29.6 Å². The number of amides is 2. The van der Waals surface area contributed by atoms with E-state index in [1.54, 1.807) is 23.6 Å². The normalized spacial score (nSPS) is 11.6. The number of halogens is 1. The monoisotopic (exact) mass is 382 g/mol. The van der Waals surface area contributed by atoms with E-state index in [1.165, 1.54) is 19.1 Å². The second-order valence-electron chi connectivity index (χ2n) is 4.87. The Balaban J connectivity index is 1.86. The lowest BCUT2D eigenvalue weighted by Crippen LogP contribution is -2.31. The lowest BCUT2D eigenvalue weighted by Gasteiger charge is -2.13. The van der Waals surface area contributed by atoms with Crippen molar-refractivity contribution in [1.82, 2.24) is 0 Å². The maximum absolute atomic E-state index is 13.5. The highest BCUT2D eigenvalue weighted by Crippen LogP contribution is 2.23. The van der Waals surface area contributed by atoms with Gasteiger partial charge in [-0.3, -0.25) is 14.4 Å². The van der Waals surface area contributed by atoms with E-state index in [1.807, 2.05) is 0 Å². The highest BCUT2D eigenvalue weighted by atomic mass is 32.2. The van der Waals surface area contributed by atoms with Gasteiger partial charge in [0, 0.05) is 4.90 Å². The van der Waals surface area contributed by atoms with Crippen LogP contribution in [0.1, 0.15) is 17.3 Å². The number of nitrogens with two attached hydrogens (primary N) is 1. The Hall–Kier alpha value is -2.39. The molecule has 1 aromatic carbocycles. The zero-order valence-electron chi connectivity index (χ0n) is 13.2. The van der Waals surface area contributed by atoms with Gasteiger partial charge in [0.1, 0.15) is 10.8 Å². The first kappa shape index (κ1) is 18.9. The van der Waals surface area contributed by atoms with Crippen LogP contribution in [0.4, 0.5) is 9.39 Å². The number of thiophene rings is 1. The third kappa shape index (κ3) is 5.30. The number of carbonyl (C=O) groups excluding carboxylic acids is 3. The number of carbonyl (C=O) groups is 3. The number of anilines is 1. The van der Waals surface area contributed by atoms with Crippen LogP contribution in [0, 0.1) is 5.82 Å². The van der Waals surface area contributed by atoms with Crippen molar-refractivity contribution in [2.75, 3.05) is 11.1 Å². The molecule has 0 unspecified atom stereocenters. The molecule has 6 nitrogen and oxygen atoms in total. The van der Waals surface area contributed by atoms with Gasteiger partial charge in [-0.2, -0.15) is 0 Å². The van der Waals surface area contributed by atoms with Crippen LogP contribution >= 0.6 is 23.1 Å². The molecule has 1 atom stereocenters. The Morgan fingerprint density at radius 2 is 2.04 bits per heavy atom. The molecule has 3 N–H and O–H groups in total. The van der Waals surface area contributed by atoms with E-state index in [0.29, 0.717) is 9.90 Å². The quantitative estimate of drug-likeness (QED) is 0.567. The summed E-state index contributed by atoms with van der Waals surface area (Å²) in [7, 11) is 0. The summed E-state index contributed by atoms with van der Waals surface area (Å²) >= 11 is 2.11. The number of rotatable bonds is 7. The molecule has 0 bridgehead atoms. The first-order valence-electron chi connectivity index (χ1n) is 7.13. The Labute approximate surface area is 151 Å². The molecule has 0 aliphatic rings. The molecule has 0 saturated carbocycles. The molecule has 0 fully saturated rings. The van der Waals surface area contributed by atoms with Crippen molar-refractivity contribution in [1.29, 1.82) is 0 Å². The second kappa shape index (κ2) is 8.63. The van der Waals surface area contributed by atoms with Gasteiger partial charge in [0.15, 0.2) is 6.10 Å². The van der Waals surface area contributed by atoms with E-state index >= 15 is 0 Å². The summed E-state index contributed by atoms with van der Waals surface area (Å²) in [6.45, 7) is 1.40. The van der Waals surface area contributed by atoms with Crippen molar-refractivity contribution in [2.45, 2.75) is 17.9 Å². The predicted molar refractivity (Wildman–Crippen MR) is 94.1 cm³/mol. The number of nitrogens with one attached hydrogen (secondary N) is 1. The van der Waals surface area contributed by atoms with Crippen molar-refractivity contribution in [3.63, 3.8) is 0 Å². The fourth-order valence-corrected chi connectivity index (χ4v) is 3.31.